The Morgan fingerprint density at radius 1 is 1.10 bits per heavy atom. The van der Waals surface area contributed by atoms with E-state index in [0.717, 1.165) is 10.6 Å². The SMILES string of the molecule is CCN(CC)C(=O)c1c(-c2ccc(F)cc2)nc(N(C)S(C)(=O)=O)nc1C(C)C. The number of hydrogen-bond acceptors (Lipinski definition) is 5. The summed E-state index contributed by atoms with van der Waals surface area (Å²) in [5.74, 6) is -0.867. The molecule has 29 heavy (non-hydrogen) atoms. The van der Waals surface area contributed by atoms with Crippen LogP contribution in [0.25, 0.3) is 11.3 Å². The number of nitrogens with zero attached hydrogens (tertiary/aromatic N) is 4. The van der Waals surface area contributed by atoms with E-state index in [1.807, 2.05) is 27.7 Å². The normalized spacial score (nSPS) is 11.6. The van der Waals surface area contributed by atoms with E-state index < -0.39 is 15.8 Å². The van der Waals surface area contributed by atoms with Crippen molar-refractivity contribution >= 4 is 21.9 Å². The highest BCUT2D eigenvalue weighted by Crippen LogP contribution is 2.31. The van der Waals surface area contributed by atoms with Crippen molar-refractivity contribution in [1.82, 2.24) is 14.9 Å². The molecule has 0 atom stereocenters. The van der Waals surface area contributed by atoms with Gasteiger partial charge in [-0.05, 0) is 44.0 Å². The number of benzene rings is 1. The lowest BCUT2D eigenvalue weighted by atomic mass is 9.97. The number of amides is 1. The van der Waals surface area contributed by atoms with Crippen molar-refractivity contribution in [1.29, 1.82) is 0 Å². The molecule has 0 aliphatic rings. The van der Waals surface area contributed by atoms with Gasteiger partial charge in [-0.2, -0.15) is 0 Å². The number of aromatic nitrogens is 2. The number of sulfonamides is 1. The van der Waals surface area contributed by atoms with Crippen molar-refractivity contribution in [3.63, 3.8) is 0 Å². The molecule has 2 aromatic rings. The Morgan fingerprint density at radius 2 is 1.66 bits per heavy atom. The molecule has 0 fully saturated rings. The molecule has 0 N–H and O–H groups in total. The smallest absolute Gasteiger partial charge is 0.257 e. The molecule has 0 aliphatic heterocycles. The van der Waals surface area contributed by atoms with Crippen molar-refractivity contribution in [2.24, 2.45) is 0 Å². The maximum absolute atomic E-state index is 13.5. The number of rotatable bonds is 7. The fourth-order valence-corrected chi connectivity index (χ4v) is 3.25. The molecule has 0 spiro atoms. The largest absolute Gasteiger partial charge is 0.339 e. The Hall–Kier alpha value is -2.55. The third kappa shape index (κ3) is 4.90. The lowest BCUT2D eigenvalue weighted by Crippen LogP contribution is -2.33. The second-order valence-electron chi connectivity index (χ2n) is 7.00. The van der Waals surface area contributed by atoms with E-state index in [1.54, 1.807) is 4.90 Å². The third-order valence-corrected chi connectivity index (χ3v) is 5.79. The Morgan fingerprint density at radius 3 is 2.10 bits per heavy atom. The molecule has 0 unspecified atom stereocenters. The van der Waals surface area contributed by atoms with Crippen molar-refractivity contribution in [2.45, 2.75) is 33.6 Å². The zero-order chi connectivity index (χ0) is 21.9. The van der Waals surface area contributed by atoms with Gasteiger partial charge in [-0.3, -0.25) is 4.79 Å². The van der Waals surface area contributed by atoms with E-state index in [0.29, 0.717) is 29.9 Å². The van der Waals surface area contributed by atoms with Crippen LogP contribution in [0.3, 0.4) is 0 Å². The van der Waals surface area contributed by atoms with E-state index >= 15 is 0 Å². The maximum atomic E-state index is 13.5. The van der Waals surface area contributed by atoms with Gasteiger partial charge in [-0.25, -0.2) is 27.1 Å². The van der Waals surface area contributed by atoms with Gasteiger partial charge in [0.05, 0.1) is 23.2 Å². The molecule has 0 saturated carbocycles. The van der Waals surface area contributed by atoms with Gasteiger partial charge in [0.15, 0.2) is 0 Å². The molecule has 9 heteroatoms. The summed E-state index contributed by atoms with van der Waals surface area (Å²) in [5, 5.41) is 0. The number of anilines is 1. The summed E-state index contributed by atoms with van der Waals surface area (Å²) in [6, 6.07) is 5.59. The van der Waals surface area contributed by atoms with Crippen LogP contribution in [0.1, 0.15) is 49.7 Å². The minimum absolute atomic E-state index is 0.0355. The van der Waals surface area contributed by atoms with E-state index in [1.165, 1.54) is 31.3 Å². The lowest BCUT2D eigenvalue weighted by Gasteiger charge is -2.25. The highest BCUT2D eigenvalue weighted by molar-refractivity contribution is 7.92. The second-order valence-corrected chi connectivity index (χ2v) is 9.02. The van der Waals surface area contributed by atoms with Gasteiger partial charge in [0, 0.05) is 25.7 Å². The minimum atomic E-state index is -3.61. The first-order chi connectivity index (χ1) is 13.5. The molecule has 0 saturated heterocycles. The number of carbonyl (C=O) groups excluding carboxylic acids is 1. The van der Waals surface area contributed by atoms with Crippen molar-refractivity contribution in [2.75, 3.05) is 30.7 Å². The van der Waals surface area contributed by atoms with Crippen LogP contribution >= 0.6 is 0 Å². The summed E-state index contributed by atoms with van der Waals surface area (Å²) in [7, 11) is -2.25. The molecule has 2 rings (SSSR count). The molecule has 1 heterocycles. The second kappa shape index (κ2) is 8.86. The first-order valence-corrected chi connectivity index (χ1v) is 11.3. The quantitative estimate of drug-likeness (QED) is 0.684. The van der Waals surface area contributed by atoms with Crippen molar-refractivity contribution < 1.29 is 17.6 Å². The lowest BCUT2D eigenvalue weighted by molar-refractivity contribution is 0.0771. The number of halogens is 1. The van der Waals surface area contributed by atoms with Crippen LogP contribution < -0.4 is 4.31 Å². The maximum Gasteiger partial charge on any atom is 0.257 e. The molecule has 1 amide bonds. The van der Waals surface area contributed by atoms with Crippen LogP contribution in [0.5, 0.6) is 0 Å². The summed E-state index contributed by atoms with van der Waals surface area (Å²) in [6.07, 6.45) is 1.05. The molecule has 1 aromatic heterocycles. The first kappa shape index (κ1) is 22.7. The van der Waals surface area contributed by atoms with E-state index in [9.17, 15) is 17.6 Å². The zero-order valence-electron chi connectivity index (χ0n) is 17.6. The van der Waals surface area contributed by atoms with Crippen LogP contribution in [0.4, 0.5) is 10.3 Å². The molecule has 1 aromatic carbocycles. The van der Waals surface area contributed by atoms with Gasteiger partial charge >= 0.3 is 0 Å². The summed E-state index contributed by atoms with van der Waals surface area (Å²) in [4.78, 5) is 23.8. The van der Waals surface area contributed by atoms with Crippen molar-refractivity contribution in [3.8, 4) is 11.3 Å². The molecular formula is C20H27FN4O3S. The van der Waals surface area contributed by atoms with Crippen LogP contribution in [0.15, 0.2) is 24.3 Å². The standard InChI is InChI=1S/C20H27FN4O3S/c1-7-25(8-2)19(26)16-17(13(3)4)22-20(24(5)29(6,27)28)23-18(16)14-9-11-15(21)12-10-14/h9-13H,7-8H2,1-6H3. The Labute approximate surface area is 171 Å². The van der Waals surface area contributed by atoms with Gasteiger partial charge in [-0.1, -0.05) is 13.8 Å². The molecule has 7 nitrogen and oxygen atoms in total. The fraction of sp³-hybridized carbons (Fsp3) is 0.450. The minimum Gasteiger partial charge on any atom is -0.339 e. The zero-order valence-corrected chi connectivity index (χ0v) is 18.4. The highest BCUT2D eigenvalue weighted by atomic mass is 32.2. The molecule has 0 bridgehead atoms. The van der Waals surface area contributed by atoms with Gasteiger partial charge in [0.25, 0.3) is 5.91 Å². The van der Waals surface area contributed by atoms with Gasteiger partial charge in [-0.15, -0.1) is 0 Å². The Bertz CT molecular complexity index is 988. The first-order valence-electron chi connectivity index (χ1n) is 9.42. The molecule has 0 aliphatic carbocycles. The average Bonchev–Trinajstić information content (AvgIpc) is 2.67. The predicted octanol–water partition coefficient (Wildman–Crippen LogP) is 3.28. The van der Waals surface area contributed by atoms with E-state index in [4.69, 9.17) is 0 Å². The van der Waals surface area contributed by atoms with Crippen LogP contribution in [-0.2, 0) is 10.0 Å². The Kier molecular flexibility index (Phi) is 6.94. The summed E-state index contributed by atoms with van der Waals surface area (Å²) in [5.41, 5.74) is 1.54. The van der Waals surface area contributed by atoms with Crippen molar-refractivity contribution in [3.05, 3.63) is 41.3 Å². The van der Waals surface area contributed by atoms with E-state index in [-0.39, 0.29) is 23.5 Å². The fourth-order valence-electron chi connectivity index (χ4n) is 2.87. The van der Waals surface area contributed by atoms with Crippen LogP contribution in [0.2, 0.25) is 0 Å². The molecular weight excluding hydrogens is 395 g/mol. The Balaban J connectivity index is 2.88. The van der Waals surface area contributed by atoms with E-state index in [2.05, 4.69) is 9.97 Å². The van der Waals surface area contributed by atoms with Gasteiger partial charge < -0.3 is 4.90 Å². The van der Waals surface area contributed by atoms with Gasteiger partial charge in [0.1, 0.15) is 5.82 Å². The summed E-state index contributed by atoms with van der Waals surface area (Å²) < 4.78 is 38.5. The average molecular weight is 423 g/mol. The highest BCUT2D eigenvalue weighted by Gasteiger charge is 2.28. The van der Waals surface area contributed by atoms with Crippen LogP contribution in [-0.4, -0.2) is 55.6 Å². The summed E-state index contributed by atoms with van der Waals surface area (Å²) >= 11 is 0. The molecule has 158 valence electrons. The number of carbonyl (C=O) groups is 1. The third-order valence-electron chi connectivity index (χ3n) is 4.63. The molecule has 0 radical (unpaired) electrons. The monoisotopic (exact) mass is 422 g/mol. The number of hydrogen-bond donors (Lipinski definition) is 0. The summed E-state index contributed by atoms with van der Waals surface area (Å²) in [6.45, 7) is 8.50. The topological polar surface area (TPSA) is 83.5 Å². The van der Waals surface area contributed by atoms with Gasteiger partial charge in [0.2, 0.25) is 16.0 Å². The van der Waals surface area contributed by atoms with Crippen LogP contribution in [0, 0.1) is 5.82 Å². The predicted molar refractivity (Wildman–Crippen MR) is 112 cm³/mol.